The Hall–Kier alpha value is -2.47. The molecule has 2 rings (SSSR count). The molecule has 0 radical (unpaired) electrons. The van der Waals surface area contributed by atoms with Crippen LogP contribution in [-0.2, 0) is 30.5 Å². The highest BCUT2D eigenvalue weighted by atomic mass is 16.6. The Kier molecular flexibility index (Phi) is 5.43. The molecule has 1 saturated heterocycles. The molecule has 0 unspecified atom stereocenters. The second-order valence-electron chi connectivity index (χ2n) is 4.97. The largest absolute Gasteiger partial charge is 0.465 e. The minimum atomic E-state index is -0.638. The summed E-state index contributed by atoms with van der Waals surface area (Å²) in [5.41, 5.74) is 1.20. The minimum absolute atomic E-state index is 0.0585. The second kappa shape index (κ2) is 7.51. The summed E-state index contributed by atoms with van der Waals surface area (Å²) in [6.45, 7) is 4.13. The predicted octanol–water partition coefficient (Wildman–Crippen LogP) is 0.614. The lowest BCUT2D eigenvalue weighted by Crippen LogP contribution is -2.64. The van der Waals surface area contributed by atoms with Crippen molar-refractivity contribution < 1.29 is 23.9 Å². The Morgan fingerprint density at radius 1 is 1.32 bits per heavy atom. The van der Waals surface area contributed by atoms with Crippen LogP contribution in [-0.4, -0.2) is 37.4 Å². The summed E-state index contributed by atoms with van der Waals surface area (Å²) in [7, 11) is 0. The van der Waals surface area contributed by atoms with E-state index < -0.39 is 18.1 Å². The average Bonchev–Trinajstić information content (AvgIpc) is 2.55. The maximum Gasteiger partial charge on any atom is 0.293 e. The molecular formula is C16H17NO5. The summed E-state index contributed by atoms with van der Waals surface area (Å²) in [6, 6.07) is 8.94. The van der Waals surface area contributed by atoms with Crippen LogP contribution in [0.1, 0.15) is 5.56 Å². The standard InChI is InChI=1S/C16H17NO5/c1-11(7-18)15-14(16(20)17-15)13(9-21-10-19)22-8-12-5-3-2-4-6-12/h2-7,10,13-15H,1,8-9H2,(H,17,20)/t13-,14+,15+/m0/s1. The highest BCUT2D eigenvalue weighted by Crippen LogP contribution is 2.26. The summed E-state index contributed by atoms with van der Waals surface area (Å²) in [4.78, 5) is 33.0. The molecule has 6 nitrogen and oxygen atoms in total. The van der Waals surface area contributed by atoms with Crippen LogP contribution in [0.15, 0.2) is 42.5 Å². The molecule has 22 heavy (non-hydrogen) atoms. The first-order valence-electron chi connectivity index (χ1n) is 6.82. The Balaban J connectivity index is 2.04. The Labute approximate surface area is 128 Å². The molecule has 1 amide bonds. The van der Waals surface area contributed by atoms with E-state index in [1.807, 2.05) is 30.3 Å². The number of amides is 1. The van der Waals surface area contributed by atoms with Gasteiger partial charge in [-0.25, -0.2) is 0 Å². The van der Waals surface area contributed by atoms with Crippen molar-refractivity contribution in [1.29, 1.82) is 0 Å². The Morgan fingerprint density at radius 2 is 2.05 bits per heavy atom. The van der Waals surface area contributed by atoms with Crippen molar-refractivity contribution in [1.82, 2.24) is 5.32 Å². The first kappa shape index (κ1) is 15.9. The van der Waals surface area contributed by atoms with E-state index in [0.29, 0.717) is 12.8 Å². The number of hydrogen-bond acceptors (Lipinski definition) is 5. The summed E-state index contributed by atoms with van der Waals surface area (Å²) in [5, 5.41) is 2.61. The van der Waals surface area contributed by atoms with Gasteiger partial charge in [-0.15, -0.1) is 0 Å². The quantitative estimate of drug-likeness (QED) is 0.411. The molecular weight excluding hydrogens is 286 g/mol. The number of ether oxygens (including phenoxy) is 2. The summed E-state index contributed by atoms with van der Waals surface area (Å²) in [5.74, 6) is -0.845. The van der Waals surface area contributed by atoms with Gasteiger partial charge in [-0.1, -0.05) is 36.9 Å². The minimum Gasteiger partial charge on any atom is -0.465 e. The third-order valence-electron chi connectivity index (χ3n) is 3.55. The lowest BCUT2D eigenvalue weighted by atomic mass is 9.82. The number of aldehydes is 1. The lowest BCUT2D eigenvalue weighted by Gasteiger charge is -2.40. The molecule has 1 aliphatic heterocycles. The van der Waals surface area contributed by atoms with Gasteiger partial charge in [0.05, 0.1) is 18.6 Å². The normalized spacial score (nSPS) is 21.2. The van der Waals surface area contributed by atoms with E-state index in [0.717, 1.165) is 5.56 Å². The molecule has 1 heterocycles. The molecule has 0 bridgehead atoms. The van der Waals surface area contributed by atoms with E-state index in [9.17, 15) is 14.4 Å². The fourth-order valence-corrected chi connectivity index (χ4v) is 2.34. The highest BCUT2D eigenvalue weighted by molar-refractivity contribution is 5.91. The Bertz CT molecular complexity index is 557. The van der Waals surface area contributed by atoms with Crippen LogP contribution in [0.4, 0.5) is 0 Å². The molecule has 116 valence electrons. The van der Waals surface area contributed by atoms with Gasteiger partial charge in [0.2, 0.25) is 5.91 Å². The molecule has 1 aromatic carbocycles. The third kappa shape index (κ3) is 3.59. The predicted molar refractivity (Wildman–Crippen MR) is 77.7 cm³/mol. The van der Waals surface area contributed by atoms with Gasteiger partial charge in [0.15, 0.2) is 0 Å². The van der Waals surface area contributed by atoms with Gasteiger partial charge in [-0.05, 0) is 5.56 Å². The number of nitrogens with one attached hydrogen (secondary N) is 1. The summed E-state index contributed by atoms with van der Waals surface area (Å²) >= 11 is 0. The SMILES string of the molecule is C=C(C=O)[C@H]1NC(=O)[C@@H]1[C@H](COC=O)OCc1ccccc1. The number of hydrogen-bond donors (Lipinski definition) is 1. The smallest absolute Gasteiger partial charge is 0.293 e. The fourth-order valence-electron chi connectivity index (χ4n) is 2.34. The molecule has 3 atom stereocenters. The van der Waals surface area contributed by atoms with Crippen LogP contribution in [0.3, 0.4) is 0 Å². The van der Waals surface area contributed by atoms with Gasteiger partial charge in [-0.3, -0.25) is 14.4 Å². The first-order valence-corrected chi connectivity index (χ1v) is 6.82. The number of carbonyl (C=O) groups is 3. The van der Waals surface area contributed by atoms with Gasteiger partial charge in [0, 0.05) is 5.57 Å². The summed E-state index contributed by atoms with van der Waals surface area (Å²) in [6.07, 6.45) is -0.0350. The van der Waals surface area contributed by atoms with Crippen molar-refractivity contribution in [3.63, 3.8) is 0 Å². The van der Waals surface area contributed by atoms with E-state index in [2.05, 4.69) is 11.9 Å². The highest BCUT2D eigenvalue weighted by Gasteiger charge is 2.46. The zero-order chi connectivity index (χ0) is 15.9. The number of rotatable bonds is 9. The molecule has 1 fully saturated rings. The van der Waals surface area contributed by atoms with Crippen molar-refractivity contribution in [3.8, 4) is 0 Å². The molecule has 1 aromatic rings. The van der Waals surface area contributed by atoms with Crippen LogP contribution in [0.2, 0.25) is 0 Å². The molecule has 0 aliphatic carbocycles. The van der Waals surface area contributed by atoms with Crippen LogP contribution in [0.25, 0.3) is 0 Å². The van der Waals surface area contributed by atoms with Gasteiger partial charge >= 0.3 is 0 Å². The van der Waals surface area contributed by atoms with Gasteiger partial charge < -0.3 is 14.8 Å². The van der Waals surface area contributed by atoms with Crippen LogP contribution in [0.5, 0.6) is 0 Å². The van der Waals surface area contributed by atoms with E-state index >= 15 is 0 Å². The van der Waals surface area contributed by atoms with Crippen LogP contribution in [0, 0.1) is 5.92 Å². The maximum absolute atomic E-state index is 11.8. The topological polar surface area (TPSA) is 81.7 Å². The molecule has 0 spiro atoms. The zero-order valence-corrected chi connectivity index (χ0v) is 11.9. The fraction of sp³-hybridized carbons (Fsp3) is 0.312. The lowest BCUT2D eigenvalue weighted by molar-refractivity contribution is -0.152. The van der Waals surface area contributed by atoms with E-state index in [1.54, 1.807) is 0 Å². The first-order chi connectivity index (χ1) is 10.7. The van der Waals surface area contributed by atoms with E-state index in [1.165, 1.54) is 0 Å². The van der Waals surface area contributed by atoms with Crippen molar-refractivity contribution >= 4 is 18.7 Å². The van der Waals surface area contributed by atoms with Gasteiger partial charge in [-0.2, -0.15) is 0 Å². The van der Waals surface area contributed by atoms with E-state index in [-0.39, 0.29) is 24.7 Å². The second-order valence-corrected chi connectivity index (χ2v) is 4.97. The molecule has 1 aliphatic rings. The Morgan fingerprint density at radius 3 is 2.64 bits per heavy atom. The molecule has 0 aromatic heterocycles. The van der Waals surface area contributed by atoms with Gasteiger partial charge in [0.25, 0.3) is 6.47 Å². The summed E-state index contributed by atoms with van der Waals surface area (Å²) < 4.78 is 10.5. The van der Waals surface area contributed by atoms with Crippen LogP contribution < -0.4 is 5.32 Å². The van der Waals surface area contributed by atoms with Crippen LogP contribution >= 0.6 is 0 Å². The van der Waals surface area contributed by atoms with Crippen molar-refractivity contribution in [2.45, 2.75) is 18.8 Å². The maximum atomic E-state index is 11.8. The molecule has 0 saturated carbocycles. The monoisotopic (exact) mass is 303 g/mol. The van der Waals surface area contributed by atoms with Crippen molar-refractivity contribution in [3.05, 3.63) is 48.0 Å². The number of β-lactam (4-membered cyclic amide) rings is 1. The third-order valence-corrected chi connectivity index (χ3v) is 3.55. The molecule has 1 N–H and O–H groups in total. The number of carbonyl (C=O) groups excluding carboxylic acids is 3. The van der Waals surface area contributed by atoms with Gasteiger partial charge in [0.1, 0.15) is 19.0 Å². The average molecular weight is 303 g/mol. The van der Waals surface area contributed by atoms with Crippen molar-refractivity contribution in [2.24, 2.45) is 5.92 Å². The zero-order valence-electron chi connectivity index (χ0n) is 11.9. The van der Waals surface area contributed by atoms with Crippen molar-refractivity contribution in [2.75, 3.05) is 6.61 Å². The number of benzene rings is 1. The van der Waals surface area contributed by atoms with E-state index in [4.69, 9.17) is 9.47 Å². The molecule has 6 heteroatoms.